The smallest absolute Gasteiger partial charge is 0.305 e. The molecule has 0 aromatic heterocycles. The van der Waals surface area contributed by atoms with Crippen molar-refractivity contribution in [1.29, 1.82) is 0 Å². The molecule has 1 aromatic carbocycles. The Morgan fingerprint density at radius 3 is 2.48 bits per heavy atom. The molecule has 3 rings (SSSR count). The van der Waals surface area contributed by atoms with Crippen molar-refractivity contribution in [1.82, 2.24) is 9.80 Å². The summed E-state index contributed by atoms with van der Waals surface area (Å²) in [5.41, 5.74) is 0.429. The Bertz CT molecular complexity index is 620. The van der Waals surface area contributed by atoms with Crippen molar-refractivity contribution in [2.24, 2.45) is 5.41 Å². The maximum Gasteiger partial charge on any atom is 0.416 e. The van der Waals surface area contributed by atoms with Crippen LogP contribution in [-0.2, 0) is 6.18 Å². The van der Waals surface area contributed by atoms with Gasteiger partial charge in [-0.15, -0.1) is 0 Å². The quantitative estimate of drug-likeness (QED) is 0.673. The number of hydrogen-bond donors (Lipinski definition) is 0. The van der Waals surface area contributed by atoms with Crippen LogP contribution in [0.5, 0.6) is 0 Å². The van der Waals surface area contributed by atoms with Crippen LogP contribution in [0.1, 0.15) is 62.5 Å². The maximum absolute atomic E-state index is 13.3. The third-order valence-electron chi connectivity index (χ3n) is 6.87. The monoisotopic (exact) mass is 382 g/mol. The van der Waals surface area contributed by atoms with Gasteiger partial charge < -0.3 is 9.80 Å². The summed E-state index contributed by atoms with van der Waals surface area (Å²) in [6, 6.07) is 6.65. The molecule has 1 saturated carbocycles. The molecule has 27 heavy (non-hydrogen) atoms. The summed E-state index contributed by atoms with van der Waals surface area (Å²) in [7, 11) is 4.22. The van der Waals surface area contributed by atoms with E-state index in [0.717, 1.165) is 44.5 Å². The Morgan fingerprint density at radius 2 is 1.89 bits per heavy atom. The van der Waals surface area contributed by atoms with E-state index in [2.05, 4.69) is 30.8 Å². The summed E-state index contributed by atoms with van der Waals surface area (Å²) in [6.45, 7) is 5.21. The number of rotatable bonds is 5. The van der Waals surface area contributed by atoms with Crippen LogP contribution in [0.3, 0.4) is 0 Å². The number of likely N-dealkylation sites (N-methyl/N-ethyl adjacent to an activating group) is 1. The molecule has 0 bridgehead atoms. The Labute approximate surface area is 161 Å². The predicted molar refractivity (Wildman–Crippen MR) is 104 cm³/mol. The van der Waals surface area contributed by atoms with E-state index in [1.165, 1.54) is 31.4 Å². The normalized spacial score (nSPS) is 25.1. The molecule has 152 valence electrons. The first-order chi connectivity index (χ1) is 12.7. The van der Waals surface area contributed by atoms with Crippen molar-refractivity contribution in [2.45, 2.75) is 63.6 Å². The van der Waals surface area contributed by atoms with E-state index in [1.807, 2.05) is 6.07 Å². The molecule has 1 unspecified atom stereocenters. The van der Waals surface area contributed by atoms with Gasteiger partial charge in [0.25, 0.3) is 0 Å². The van der Waals surface area contributed by atoms with Gasteiger partial charge in [-0.05, 0) is 56.9 Å². The lowest BCUT2D eigenvalue weighted by molar-refractivity contribution is -0.137. The van der Waals surface area contributed by atoms with E-state index in [9.17, 15) is 13.2 Å². The molecule has 5 heteroatoms. The van der Waals surface area contributed by atoms with Crippen LogP contribution >= 0.6 is 0 Å². The molecule has 0 N–H and O–H groups in total. The molecular formula is C22H33F3N2. The number of likely N-dealkylation sites (tertiary alicyclic amines) is 1. The molecule has 1 heterocycles. The van der Waals surface area contributed by atoms with Crippen LogP contribution in [-0.4, -0.2) is 49.6 Å². The van der Waals surface area contributed by atoms with E-state index in [0.29, 0.717) is 6.04 Å². The fraction of sp³-hybridized carbons (Fsp3) is 0.727. The third kappa shape index (κ3) is 4.86. The largest absolute Gasteiger partial charge is 0.416 e. The minimum atomic E-state index is -4.28. The predicted octanol–water partition coefficient (Wildman–Crippen LogP) is 5.40. The van der Waals surface area contributed by atoms with E-state index < -0.39 is 11.7 Å². The first-order valence-corrected chi connectivity index (χ1v) is 10.2. The van der Waals surface area contributed by atoms with Gasteiger partial charge in [0, 0.05) is 25.0 Å². The molecule has 2 aliphatic rings. The number of halogens is 3. The van der Waals surface area contributed by atoms with E-state index >= 15 is 0 Å². The molecule has 1 aliphatic heterocycles. The SMILES string of the molecule is CN(C)[C@H]1CCN(CC(c2cccc(C(F)(F)F)c2)C2(C)CCCCC2)C1. The van der Waals surface area contributed by atoms with Gasteiger partial charge in [-0.2, -0.15) is 13.2 Å². The van der Waals surface area contributed by atoms with Gasteiger partial charge in [-0.1, -0.05) is 44.4 Å². The van der Waals surface area contributed by atoms with E-state index in [4.69, 9.17) is 0 Å². The van der Waals surface area contributed by atoms with Gasteiger partial charge in [-0.25, -0.2) is 0 Å². The van der Waals surface area contributed by atoms with Gasteiger partial charge in [0.15, 0.2) is 0 Å². The number of benzene rings is 1. The van der Waals surface area contributed by atoms with Crippen molar-refractivity contribution < 1.29 is 13.2 Å². The molecule has 2 fully saturated rings. The van der Waals surface area contributed by atoms with Crippen molar-refractivity contribution in [3.63, 3.8) is 0 Å². The highest BCUT2D eigenvalue weighted by Gasteiger charge is 2.39. The second kappa shape index (κ2) is 8.12. The van der Waals surface area contributed by atoms with Gasteiger partial charge >= 0.3 is 6.18 Å². The van der Waals surface area contributed by atoms with Crippen LogP contribution in [0, 0.1) is 5.41 Å². The molecule has 0 radical (unpaired) electrons. The Morgan fingerprint density at radius 1 is 1.19 bits per heavy atom. The Kier molecular flexibility index (Phi) is 6.21. The Hall–Kier alpha value is -1.07. The standard InChI is InChI=1S/C22H33F3N2/c1-21(11-5-4-6-12-21)20(16-27-13-10-19(15-27)26(2)3)17-8-7-9-18(14-17)22(23,24)25/h7-9,14,19-20H,4-6,10-13,15-16H2,1-3H3/t19-,20?/m0/s1. The molecule has 1 saturated heterocycles. The highest BCUT2D eigenvalue weighted by Crippen LogP contribution is 2.48. The van der Waals surface area contributed by atoms with Crippen LogP contribution in [0.2, 0.25) is 0 Å². The average molecular weight is 383 g/mol. The zero-order chi connectivity index (χ0) is 19.7. The van der Waals surface area contributed by atoms with Crippen molar-refractivity contribution in [2.75, 3.05) is 33.7 Å². The molecule has 0 spiro atoms. The van der Waals surface area contributed by atoms with Gasteiger partial charge in [0.05, 0.1) is 5.56 Å². The fourth-order valence-corrected chi connectivity index (χ4v) is 5.03. The van der Waals surface area contributed by atoms with Gasteiger partial charge in [-0.3, -0.25) is 0 Å². The molecule has 2 atom stereocenters. The molecule has 2 nitrogen and oxygen atoms in total. The average Bonchev–Trinajstić information content (AvgIpc) is 3.09. The number of alkyl halides is 3. The minimum Gasteiger partial charge on any atom is -0.305 e. The second-order valence-electron chi connectivity index (χ2n) is 9.06. The van der Waals surface area contributed by atoms with Crippen molar-refractivity contribution >= 4 is 0 Å². The number of hydrogen-bond acceptors (Lipinski definition) is 2. The van der Waals surface area contributed by atoms with Crippen LogP contribution in [0.4, 0.5) is 13.2 Å². The summed E-state index contributed by atoms with van der Waals surface area (Å²) in [6.07, 6.45) is 2.70. The summed E-state index contributed by atoms with van der Waals surface area (Å²) in [5.74, 6) is 0.154. The number of nitrogens with zero attached hydrogens (tertiary/aromatic N) is 2. The van der Waals surface area contributed by atoms with Crippen molar-refractivity contribution in [3.05, 3.63) is 35.4 Å². The minimum absolute atomic E-state index is 0.0820. The Balaban J connectivity index is 1.87. The van der Waals surface area contributed by atoms with Gasteiger partial charge in [0.2, 0.25) is 0 Å². The fourth-order valence-electron chi connectivity index (χ4n) is 5.03. The van der Waals surface area contributed by atoms with E-state index in [1.54, 1.807) is 6.07 Å². The third-order valence-corrected chi connectivity index (χ3v) is 6.87. The summed E-state index contributed by atoms with van der Waals surface area (Å²) in [4.78, 5) is 4.73. The first kappa shape index (κ1) is 20.7. The molecule has 1 aromatic rings. The van der Waals surface area contributed by atoms with Crippen LogP contribution < -0.4 is 0 Å². The van der Waals surface area contributed by atoms with Gasteiger partial charge in [0.1, 0.15) is 0 Å². The topological polar surface area (TPSA) is 6.48 Å². The van der Waals surface area contributed by atoms with Crippen molar-refractivity contribution in [3.8, 4) is 0 Å². The highest BCUT2D eigenvalue weighted by atomic mass is 19.4. The highest BCUT2D eigenvalue weighted by molar-refractivity contribution is 5.30. The molecular weight excluding hydrogens is 349 g/mol. The second-order valence-corrected chi connectivity index (χ2v) is 9.06. The summed E-state index contributed by atoms with van der Waals surface area (Å²) < 4.78 is 39.9. The van der Waals surface area contributed by atoms with Crippen LogP contribution in [0.15, 0.2) is 24.3 Å². The summed E-state index contributed by atoms with van der Waals surface area (Å²) in [5, 5.41) is 0. The zero-order valence-electron chi connectivity index (χ0n) is 16.9. The first-order valence-electron chi connectivity index (χ1n) is 10.2. The maximum atomic E-state index is 13.3. The molecule has 0 amide bonds. The molecule has 1 aliphatic carbocycles. The summed E-state index contributed by atoms with van der Waals surface area (Å²) >= 11 is 0. The zero-order valence-corrected chi connectivity index (χ0v) is 16.9. The lowest BCUT2D eigenvalue weighted by Crippen LogP contribution is -2.38. The lowest BCUT2D eigenvalue weighted by Gasteiger charge is -2.43. The lowest BCUT2D eigenvalue weighted by atomic mass is 9.64. The van der Waals surface area contributed by atoms with Crippen LogP contribution in [0.25, 0.3) is 0 Å². The van der Waals surface area contributed by atoms with E-state index in [-0.39, 0.29) is 11.3 Å².